The van der Waals surface area contributed by atoms with Gasteiger partial charge in [-0.3, -0.25) is 9.78 Å². The second-order valence-electron chi connectivity index (χ2n) is 6.05. The van der Waals surface area contributed by atoms with Crippen LogP contribution in [0.3, 0.4) is 0 Å². The molecule has 0 aliphatic carbocycles. The van der Waals surface area contributed by atoms with Crippen molar-refractivity contribution in [3.05, 3.63) is 78.1 Å². The van der Waals surface area contributed by atoms with E-state index in [2.05, 4.69) is 18.5 Å². The van der Waals surface area contributed by atoms with E-state index in [0.717, 1.165) is 11.7 Å². The number of benzene rings is 2. The Hall–Kier alpha value is -3.37. The molecule has 0 aliphatic rings. The lowest BCUT2D eigenvalue weighted by molar-refractivity contribution is 0.0981. The molecule has 0 spiro atoms. The summed E-state index contributed by atoms with van der Waals surface area (Å²) >= 11 is 1.01. The topological polar surface area (TPSA) is 111 Å². The lowest BCUT2D eigenvalue weighted by atomic mass is 10.2. The summed E-state index contributed by atoms with van der Waals surface area (Å²) in [7, 11) is -3.91. The molecule has 4 rings (SSSR count). The maximum Gasteiger partial charge on any atom is 0.264 e. The molecular weight excluding hydrogens is 412 g/mol. The molecule has 0 aliphatic heterocycles. The van der Waals surface area contributed by atoms with Gasteiger partial charge >= 0.3 is 0 Å². The molecule has 8 nitrogen and oxygen atoms in total. The van der Waals surface area contributed by atoms with Crippen molar-refractivity contribution in [2.75, 3.05) is 0 Å². The Labute approximate surface area is 170 Å². The Balaban J connectivity index is 1.44. The van der Waals surface area contributed by atoms with Crippen LogP contribution in [0.15, 0.2) is 67.0 Å². The van der Waals surface area contributed by atoms with Crippen LogP contribution < -0.4 is 9.46 Å². The number of amides is 1. The zero-order chi connectivity index (χ0) is 20.3. The molecule has 0 saturated heterocycles. The third kappa shape index (κ3) is 4.55. The largest absolute Gasteiger partial charge is 0.456 e. The number of fused-ring (bicyclic) bond motifs is 1. The Morgan fingerprint density at radius 3 is 2.59 bits per heavy atom. The van der Waals surface area contributed by atoms with E-state index in [-0.39, 0.29) is 11.3 Å². The number of pyridine rings is 1. The first-order valence-electron chi connectivity index (χ1n) is 8.43. The third-order valence-electron chi connectivity index (χ3n) is 3.95. The fourth-order valence-corrected chi connectivity index (χ4v) is 4.32. The van der Waals surface area contributed by atoms with Gasteiger partial charge in [0, 0.05) is 11.8 Å². The average Bonchev–Trinajstić information content (AvgIpc) is 3.19. The highest BCUT2D eigenvalue weighted by atomic mass is 32.2. The van der Waals surface area contributed by atoms with Gasteiger partial charge in [0.25, 0.3) is 5.91 Å². The minimum atomic E-state index is -3.91. The van der Waals surface area contributed by atoms with Crippen LogP contribution in [0.4, 0.5) is 0 Å². The third-order valence-corrected chi connectivity index (χ3v) is 5.68. The first-order chi connectivity index (χ1) is 14.0. The van der Waals surface area contributed by atoms with E-state index in [1.807, 2.05) is 0 Å². The van der Waals surface area contributed by atoms with Crippen LogP contribution in [0.5, 0.6) is 11.5 Å². The fourth-order valence-electron chi connectivity index (χ4n) is 2.64. The Morgan fingerprint density at radius 1 is 1.00 bits per heavy atom. The summed E-state index contributed by atoms with van der Waals surface area (Å²) in [5, 5.41) is 0. The Bertz CT molecular complexity index is 1260. The van der Waals surface area contributed by atoms with Crippen molar-refractivity contribution in [2.45, 2.75) is 5.75 Å². The lowest BCUT2D eigenvalue weighted by Crippen LogP contribution is -2.31. The van der Waals surface area contributed by atoms with E-state index < -0.39 is 15.9 Å². The van der Waals surface area contributed by atoms with E-state index >= 15 is 0 Å². The van der Waals surface area contributed by atoms with Gasteiger partial charge in [0.05, 0.1) is 23.7 Å². The summed E-state index contributed by atoms with van der Waals surface area (Å²) < 4.78 is 40.8. The SMILES string of the molecule is O=C(NS(=O)(=O)Cc1cccc2nsnc12)c1ccc(Oc2cccnc2)cc1. The summed E-state index contributed by atoms with van der Waals surface area (Å²) in [5.74, 6) is -0.0384. The first-order valence-corrected chi connectivity index (χ1v) is 10.8. The van der Waals surface area contributed by atoms with Crippen molar-refractivity contribution in [2.24, 2.45) is 0 Å². The summed E-state index contributed by atoms with van der Waals surface area (Å²) in [6.07, 6.45) is 3.19. The molecule has 29 heavy (non-hydrogen) atoms. The molecule has 1 amide bonds. The van der Waals surface area contributed by atoms with E-state index in [1.54, 1.807) is 54.9 Å². The van der Waals surface area contributed by atoms with Gasteiger partial charge in [-0.1, -0.05) is 12.1 Å². The van der Waals surface area contributed by atoms with Gasteiger partial charge in [0.2, 0.25) is 10.0 Å². The molecule has 0 fully saturated rings. The maximum atomic E-state index is 12.4. The van der Waals surface area contributed by atoms with E-state index in [4.69, 9.17) is 4.74 Å². The van der Waals surface area contributed by atoms with Crippen LogP contribution in [-0.4, -0.2) is 28.1 Å². The molecule has 0 bridgehead atoms. The number of nitrogens with zero attached hydrogens (tertiary/aromatic N) is 3. The number of rotatable bonds is 6. The lowest BCUT2D eigenvalue weighted by Gasteiger charge is -2.09. The van der Waals surface area contributed by atoms with Gasteiger partial charge in [0.15, 0.2) is 0 Å². The smallest absolute Gasteiger partial charge is 0.264 e. The molecule has 0 unspecified atom stereocenters. The number of carbonyl (C=O) groups is 1. The minimum Gasteiger partial charge on any atom is -0.456 e. The van der Waals surface area contributed by atoms with Crippen LogP contribution in [-0.2, 0) is 15.8 Å². The van der Waals surface area contributed by atoms with Crippen molar-refractivity contribution >= 4 is 38.7 Å². The summed E-state index contributed by atoms with van der Waals surface area (Å²) in [6.45, 7) is 0. The number of hydrogen-bond donors (Lipinski definition) is 1. The second kappa shape index (κ2) is 7.94. The Kier molecular flexibility index (Phi) is 5.19. The normalized spacial score (nSPS) is 11.3. The molecular formula is C19H14N4O4S2. The standard InChI is InChI=1S/C19H14N4O4S2/c24-19(13-6-8-15(9-7-13)27-16-4-2-10-20-11-16)23-29(25,26)12-14-3-1-5-17-18(14)22-28-21-17/h1-11H,12H2,(H,23,24). The van der Waals surface area contributed by atoms with Gasteiger partial charge in [-0.25, -0.2) is 13.1 Å². The van der Waals surface area contributed by atoms with Gasteiger partial charge in [-0.2, -0.15) is 8.75 Å². The molecule has 1 N–H and O–H groups in total. The summed E-state index contributed by atoms with van der Waals surface area (Å²) in [5.41, 5.74) is 1.82. The molecule has 146 valence electrons. The van der Waals surface area contributed by atoms with Crippen molar-refractivity contribution in [1.82, 2.24) is 18.5 Å². The fraction of sp³-hybridized carbons (Fsp3) is 0.0526. The number of nitrogens with one attached hydrogen (secondary N) is 1. The van der Waals surface area contributed by atoms with Gasteiger partial charge in [0.1, 0.15) is 22.5 Å². The summed E-state index contributed by atoms with van der Waals surface area (Å²) in [4.78, 5) is 16.3. The van der Waals surface area contributed by atoms with Crippen molar-refractivity contribution in [3.8, 4) is 11.5 Å². The Morgan fingerprint density at radius 2 is 1.83 bits per heavy atom. The minimum absolute atomic E-state index is 0.195. The second-order valence-corrected chi connectivity index (χ2v) is 8.31. The molecule has 4 aromatic rings. The zero-order valence-corrected chi connectivity index (χ0v) is 16.5. The molecule has 0 atom stereocenters. The highest BCUT2D eigenvalue weighted by Gasteiger charge is 2.19. The molecule has 2 aromatic heterocycles. The number of ether oxygens (including phenoxy) is 1. The zero-order valence-electron chi connectivity index (χ0n) is 14.8. The number of hydrogen-bond acceptors (Lipinski definition) is 8. The number of aromatic nitrogens is 3. The molecule has 2 heterocycles. The van der Waals surface area contributed by atoms with Gasteiger partial charge in [-0.05, 0) is 48.0 Å². The molecule has 0 saturated carbocycles. The van der Waals surface area contributed by atoms with Crippen LogP contribution in [0.1, 0.15) is 15.9 Å². The molecule has 2 aromatic carbocycles. The molecule has 0 radical (unpaired) electrons. The van der Waals surface area contributed by atoms with E-state index in [0.29, 0.717) is 28.1 Å². The first kappa shape index (κ1) is 19.0. The van der Waals surface area contributed by atoms with Crippen LogP contribution in [0, 0.1) is 0 Å². The van der Waals surface area contributed by atoms with Gasteiger partial charge in [-0.15, -0.1) is 0 Å². The average molecular weight is 426 g/mol. The van der Waals surface area contributed by atoms with Crippen LogP contribution >= 0.6 is 11.7 Å². The highest BCUT2D eigenvalue weighted by Crippen LogP contribution is 2.21. The number of carbonyl (C=O) groups excluding carboxylic acids is 1. The quantitative estimate of drug-likeness (QED) is 0.504. The summed E-state index contributed by atoms with van der Waals surface area (Å²) in [6, 6.07) is 14.7. The van der Waals surface area contributed by atoms with Crippen LogP contribution in [0.2, 0.25) is 0 Å². The predicted molar refractivity (Wildman–Crippen MR) is 108 cm³/mol. The maximum absolute atomic E-state index is 12.4. The number of sulfonamides is 1. The van der Waals surface area contributed by atoms with Gasteiger partial charge < -0.3 is 4.74 Å². The highest BCUT2D eigenvalue weighted by molar-refractivity contribution is 7.89. The van der Waals surface area contributed by atoms with Crippen LogP contribution in [0.25, 0.3) is 11.0 Å². The van der Waals surface area contributed by atoms with E-state index in [9.17, 15) is 13.2 Å². The van der Waals surface area contributed by atoms with Crippen molar-refractivity contribution < 1.29 is 17.9 Å². The van der Waals surface area contributed by atoms with Crippen molar-refractivity contribution in [3.63, 3.8) is 0 Å². The van der Waals surface area contributed by atoms with Crippen molar-refractivity contribution in [1.29, 1.82) is 0 Å². The molecule has 10 heteroatoms. The monoisotopic (exact) mass is 426 g/mol. The van der Waals surface area contributed by atoms with E-state index in [1.165, 1.54) is 12.1 Å². The predicted octanol–water partition coefficient (Wildman–Crippen LogP) is 3.14.